The fraction of sp³-hybridized carbons (Fsp3) is 0.500. The van der Waals surface area contributed by atoms with Crippen LogP contribution in [0.3, 0.4) is 0 Å². The summed E-state index contributed by atoms with van der Waals surface area (Å²) in [5.74, 6) is 0.0347. The van der Waals surface area contributed by atoms with Gasteiger partial charge in [0.1, 0.15) is 0 Å². The molecule has 194 valence electrons. The van der Waals surface area contributed by atoms with Crippen molar-refractivity contribution in [3.8, 4) is 0 Å². The van der Waals surface area contributed by atoms with Crippen LogP contribution in [-0.4, -0.2) is 40.4 Å². The third kappa shape index (κ3) is 6.51. The number of Topliss-reactive ketones (excluding diaryl/α,β-unsaturated/α-hetero) is 1. The second-order valence-electron chi connectivity index (χ2n) is 14.0. The van der Waals surface area contributed by atoms with Gasteiger partial charge in [0, 0.05) is 0 Å². The number of rotatable bonds is 2. The Morgan fingerprint density at radius 3 is 1.53 bits per heavy atom. The number of carbonyl (C=O) groups is 1. The Labute approximate surface area is 231 Å². The van der Waals surface area contributed by atoms with Crippen molar-refractivity contribution in [3.63, 3.8) is 0 Å². The number of aliphatic hydroxyl groups is 1. The monoisotopic (exact) mass is 619 g/mol. The fourth-order valence-corrected chi connectivity index (χ4v) is 8.93. The standard InChI is InChI=1S/C32H42O2Se2/c1-29(2,3)23-15-19(16-24(35-23)30(4,5)6)13-21-27(33)22(28(21)34)14-20-17-25(31(7,8)9)36-26(18-20)32(10,11)12/h13-18H,1-12H3/p+1. The van der Waals surface area contributed by atoms with Crippen molar-refractivity contribution in [2.24, 2.45) is 10.8 Å². The zero-order chi connectivity index (χ0) is 27.4. The molecule has 3 rings (SSSR count). The van der Waals surface area contributed by atoms with Crippen LogP contribution in [0.25, 0.3) is 6.08 Å². The number of hydrogen-bond donors (Lipinski definition) is 1. The molecule has 2 heterocycles. The summed E-state index contributed by atoms with van der Waals surface area (Å²) in [5.41, 5.74) is 3.13. The first-order valence-electron chi connectivity index (χ1n) is 12.7. The first-order valence-corrected chi connectivity index (χ1v) is 16.1. The zero-order valence-electron chi connectivity index (χ0n) is 24.1. The molecule has 0 saturated carbocycles. The van der Waals surface area contributed by atoms with Gasteiger partial charge >= 0.3 is 232 Å². The van der Waals surface area contributed by atoms with E-state index in [0.29, 0.717) is 11.1 Å². The van der Waals surface area contributed by atoms with Gasteiger partial charge in [0.05, 0.1) is 0 Å². The third-order valence-electron chi connectivity index (χ3n) is 6.21. The van der Waals surface area contributed by atoms with E-state index in [1.165, 1.54) is 17.8 Å². The van der Waals surface area contributed by atoms with E-state index in [4.69, 9.17) is 0 Å². The Hall–Kier alpha value is -1.44. The molecule has 1 aliphatic heterocycles. The minimum atomic E-state index is -0.0764. The summed E-state index contributed by atoms with van der Waals surface area (Å²) in [6.07, 6.45) is 8.20. The SMILES string of the molecule is CC(C)(C)C1=CC(=CC2=C(O)C(=Cc3cc(C(C)(C)C)[se+]c(C(C)(C)C)c3)C2=O)C=C(C(C)(C)C)[Se]1. The summed E-state index contributed by atoms with van der Waals surface area (Å²) < 4.78 is 5.65. The predicted molar refractivity (Wildman–Crippen MR) is 157 cm³/mol. The fourth-order valence-electron chi connectivity index (χ4n) is 3.73. The summed E-state index contributed by atoms with van der Waals surface area (Å²) in [5, 5.41) is 11.0. The molecule has 0 atom stereocenters. The van der Waals surface area contributed by atoms with Gasteiger partial charge in [-0.3, -0.25) is 0 Å². The average Bonchev–Trinajstić information content (AvgIpc) is 2.72. The molecule has 1 aromatic heterocycles. The molecule has 36 heavy (non-hydrogen) atoms. The van der Waals surface area contributed by atoms with Crippen molar-refractivity contribution in [1.82, 2.24) is 0 Å². The van der Waals surface area contributed by atoms with Gasteiger partial charge in [-0.1, -0.05) is 0 Å². The molecule has 0 radical (unpaired) electrons. The van der Waals surface area contributed by atoms with Crippen molar-refractivity contribution in [3.05, 3.63) is 76.2 Å². The molecule has 0 saturated heterocycles. The molecular weight excluding hydrogens is 574 g/mol. The first-order chi connectivity index (χ1) is 16.2. The molecule has 4 heteroatoms. The Morgan fingerprint density at radius 2 is 1.17 bits per heavy atom. The van der Waals surface area contributed by atoms with Gasteiger partial charge in [-0.2, -0.15) is 0 Å². The van der Waals surface area contributed by atoms with E-state index in [2.05, 4.69) is 107 Å². The molecule has 0 spiro atoms. The van der Waals surface area contributed by atoms with E-state index in [9.17, 15) is 9.90 Å². The minimum absolute atomic E-state index is 0.0717. The normalized spacial score (nSPS) is 18.8. The van der Waals surface area contributed by atoms with Crippen LogP contribution in [0.1, 0.15) is 97.5 Å². The Kier molecular flexibility index (Phi) is 7.85. The molecule has 0 aromatic carbocycles. The second-order valence-corrected chi connectivity index (χ2v) is 18.6. The number of carbonyl (C=O) groups excluding carboxylic acids is 1. The van der Waals surface area contributed by atoms with E-state index in [0.717, 1.165) is 11.1 Å². The molecule has 2 nitrogen and oxygen atoms in total. The molecular formula is C32H43O2Se2+. The van der Waals surface area contributed by atoms with Crippen LogP contribution in [0, 0.1) is 10.8 Å². The van der Waals surface area contributed by atoms with Crippen LogP contribution in [0.2, 0.25) is 0 Å². The van der Waals surface area contributed by atoms with Gasteiger partial charge < -0.3 is 0 Å². The number of ketones is 1. The summed E-state index contributed by atoms with van der Waals surface area (Å²) in [6.45, 7) is 27.0. The van der Waals surface area contributed by atoms with Crippen molar-refractivity contribution in [2.75, 3.05) is 0 Å². The number of aliphatic hydroxyl groups excluding tert-OH is 1. The molecule has 1 N–H and O–H groups in total. The predicted octanol–water partition coefficient (Wildman–Crippen LogP) is 7.90. The van der Waals surface area contributed by atoms with Crippen LogP contribution in [0.15, 0.2) is 61.8 Å². The van der Waals surface area contributed by atoms with Crippen LogP contribution in [-0.2, 0) is 15.6 Å². The summed E-state index contributed by atoms with van der Waals surface area (Å²) in [6, 6.07) is 4.44. The quantitative estimate of drug-likeness (QED) is 0.271. The Morgan fingerprint density at radius 1 is 0.722 bits per heavy atom. The maximum absolute atomic E-state index is 13.2. The van der Waals surface area contributed by atoms with E-state index in [1.807, 2.05) is 12.2 Å². The average molecular weight is 618 g/mol. The van der Waals surface area contributed by atoms with Crippen LogP contribution in [0.5, 0.6) is 0 Å². The Balaban J connectivity index is 2.07. The second kappa shape index (κ2) is 9.70. The van der Waals surface area contributed by atoms with Gasteiger partial charge in [-0.25, -0.2) is 0 Å². The van der Waals surface area contributed by atoms with Gasteiger partial charge in [-0.15, -0.1) is 0 Å². The third-order valence-corrected chi connectivity index (χ3v) is 14.2. The van der Waals surface area contributed by atoms with Gasteiger partial charge in [0.2, 0.25) is 0 Å². The zero-order valence-corrected chi connectivity index (χ0v) is 27.6. The first kappa shape index (κ1) is 29.1. The van der Waals surface area contributed by atoms with Crippen molar-refractivity contribution in [2.45, 2.75) is 93.9 Å². The van der Waals surface area contributed by atoms with E-state index in [-0.39, 0.29) is 62.7 Å². The molecule has 0 unspecified atom stereocenters. The summed E-state index contributed by atoms with van der Waals surface area (Å²) >= 11 is 0.568. The molecule has 0 amide bonds. The number of hydrogen-bond acceptors (Lipinski definition) is 2. The molecule has 1 aromatic rings. The van der Waals surface area contributed by atoms with Gasteiger partial charge in [0.15, 0.2) is 0 Å². The van der Waals surface area contributed by atoms with Crippen LogP contribution >= 0.6 is 0 Å². The topological polar surface area (TPSA) is 37.3 Å². The van der Waals surface area contributed by atoms with Crippen LogP contribution in [0.4, 0.5) is 0 Å². The Bertz CT molecular complexity index is 1170. The van der Waals surface area contributed by atoms with Crippen molar-refractivity contribution >= 4 is 41.3 Å². The molecule has 1 aliphatic carbocycles. The van der Waals surface area contributed by atoms with Crippen molar-refractivity contribution in [1.29, 1.82) is 0 Å². The maximum atomic E-state index is 13.2. The van der Waals surface area contributed by atoms with E-state index in [1.54, 1.807) is 0 Å². The van der Waals surface area contributed by atoms with E-state index < -0.39 is 0 Å². The molecule has 0 bridgehead atoms. The van der Waals surface area contributed by atoms with Crippen LogP contribution < -0.4 is 0 Å². The molecule has 2 aliphatic rings. The molecule has 0 fully saturated rings. The van der Waals surface area contributed by atoms with Gasteiger partial charge in [0.25, 0.3) is 0 Å². The van der Waals surface area contributed by atoms with Crippen molar-refractivity contribution < 1.29 is 9.90 Å². The summed E-state index contributed by atoms with van der Waals surface area (Å²) in [7, 11) is 0. The summed E-state index contributed by atoms with van der Waals surface area (Å²) in [4.78, 5) is 13.2. The van der Waals surface area contributed by atoms with Gasteiger partial charge in [-0.05, 0) is 0 Å². The van der Waals surface area contributed by atoms with E-state index >= 15 is 0 Å². The number of allylic oxidation sites excluding steroid dienone is 8.